The molecule has 3 nitrogen and oxygen atoms in total. The lowest BCUT2D eigenvalue weighted by Gasteiger charge is -2.29. The Morgan fingerprint density at radius 3 is 2.19 bits per heavy atom. The largest absolute Gasteiger partial charge is 0.268 e. The van der Waals surface area contributed by atoms with Crippen LogP contribution in [0.2, 0.25) is 0 Å². The van der Waals surface area contributed by atoms with E-state index in [0.717, 1.165) is 16.0 Å². The molecule has 0 aliphatic carbocycles. The molecule has 0 atom stereocenters. The molecule has 0 bridgehead atoms. The first-order valence-electron chi connectivity index (χ1n) is 8.37. The maximum atomic E-state index is 13.3. The van der Waals surface area contributed by atoms with Crippen molar-refractivity contribution in [2.45, 2.75) is 13.8 Å². The van der Waals surface area contributed by atoms with Gasteiger partial charge >= 0.3 is 0 Å². The zero-order valence-corrected chi connectivity index (χ0v) is 15.3. The Morgan fingerprint density at radius 2 is 1.50 bits per heavy atom. The molecule has 1 aromatic heterocycles. The minimum atomic E-state index is -0.282. The summed E-state index contributed by atoms with van der Waals surface area (Å²) in [4.78, 5) is 28.7. The Morgan fingerprint density at radius 1 is 0.808 bits per heavy atom. The third-order valence-corrected chi connectivity index (χ3v) is 5.58. The quantitative estimate of drug-likeness (QED) is 0.472. The molecule has 0 fully saturated rings. The van der Waals surface area contributed by atoms with Gasteiger partial charge in [0.25, 0.3) is 11.8 Å². The molecule has 4 heteroatoms. The van der Waals surface area contributed by atoms with E-state index in [-0.39, 0.29) is 11.8 Å². The third kappa shape index (κ3) is 2.59. The highest BCUT2D eigenvalue weighted by molar-refractivity contribution is 7.11. The molecule has 0 saturated carbocycles. The van der Waals surface area contributed by atoms with E-state index in [1.165, 1.54) is 4.90 Å². The van der Waals surface area contributed by atoms with E-state index in [9.17, 15) is 9.59 Å². The molecule has 2 heterocycles. The summed E-state index contributed by atoms with van der Waals surface area (Å²) in [6, 6.07) is 16.8. The Balaban J connectivity index is 1.95. The lowest BCUT2D eigenvalue weighted by Crippen LogP contribution is -2.42. The molecule has 0 N–H and O–H groups in total. The van der Waals surface area contributed by atoms with Gasteiger partial charge in [0.15, 0.2) is 0 Å². The summed E-state index contributed by atoms with van der Waals surface area (Å²) in [5, 5.41) is 2.01. The second-order valence-electron chi connectivity index (χ2n) is 6.30. The van der Waals surface area contributed by atoms with Gasteiger partial charge in [0, 0.05) is 21.6 Å². The average molecular weight is 359 g/mol. The van der Waals surface area contributed by atoms with Crippen molar-refractivity contribution in [1.29, 1.82) is 0 Å². The molecule has 3 aromatic rings. The third-order valence-electron chi connectivity index (χ3n) is 4.62. The number of nitrogens with zero attached hydrogens (tertiary/aromatic N) is 1. The summed E-state index contributed by atoms with van der Waals surface area (Å²) in [7, 11) is 0. The van der Waals surface area contributed by atoms with E-state index < -0.39 is 0 Å². The van der Waals surface area contributed by atoms with Gasteiger partial charge in [0.1, 0.15) is 0 Å². The van der Waals surface area contributed by atoms with Crippen molar-refractivity contribution in [3.8, 4) is 0 Å². The van der Waals surface area contributed by atoms with Crippen LogP contribution in [0, 0.1) is 13.8 Å². The fourth-order valence-corrected chi connectivity index (χ4v) is 4.05. The zero-order chi connectivity index (χ0) is 18.3. The van der Waals surface area contributed by atoms with Crippen molar-refractivity contribution >= 4 is 40.5 Å². The Labute approximate surface area is 156 Å². The Kier molecular flexibility index (Phi) is 4.05. The van der Waals surface area contributed by atoms with E-state index in [1.54, 1.807) is 17.4 Å². The summed E-state index contributed by atoms with van der Waals surface area (Å²) in [5.41, 5.74) is 4.43. The normalized spacial score (nSPS) is 15.5. The highest BCUT2D eigenvalue weighted by atomic mass is 32.1. The molecule has 26 heavy (non-hydrogen) atoms. The number of benzene rings is 2. The molecule has 0 unspecified atom stereocenters. The molecule has 0 saturated heterocycles. The molecule has 1 aliphatic heterocycles. The van der Waals surface area contributed by atoms with Crippen molar-refractivity contribution in [2.24, 2.45) is 0 Å². The molecule has 2 amide bonds. The number of carbonyl (C=O) groups excluding carboxylic acids is 2. The fraction of sp³-hybridized carbons (Fsp3) is 0.0909. The topological polar surface area (TPSA) is 37.4 Å². The smallest absolute Gasteiger partial charge is 0.266 e. The van der Waals surface area contributed by atoms with Crippen LogP contribution in [0.25, 0.3) is 11.6 Å². The van der Waals surface area contributed by atoms with Gasteiger partial charge in [0.2, 0.25) is 0 Å². The monoisotopic (exact) mass is 359 g/mol. The minimum absolute atomic E-state index is 0.278. The van der Waals surface area contributed by atoms with Crippen LogP contribution in [-0.4, -0.2) is 11.8 Å². The van der Waals surface area contributed by atoms with Crippen molar-refractivity contribution in [3.05, 3.63) is 87.1 Å². The van der Waals surface area contributed by atoms with Gasteiger partial charge in [-0.1, -0.05) is 36.4 Å². The van der Waals surface area contributed by atoms with Crippen LogP contribution in [0.3, 0.4) is 0 Å². The van der Waals surface area contributed by atoms with Gasteiger partial charge in [-0.2, -0.15) is 0 Å². The highest BCUT2D eigenvalue weighted by Gasteiger charge is 2.36. The standard InChI is InChI=1S/C22H17NO2S/c1-14-7-3-6-10-19(14)23-21(24)17-9-5-4-8-16(17)18(22(23)25)13-20-15(2)11-12-26-20/h3-13H,1-2H3. The summed E-state index contributed by atoms with van der Waals surface area (Å²) in [6.45, 7) is 3.93. The van der Waals surface area contributed by atoms with Crippen LogP contribution in [0.4, 0.5) is 5.69 Å². The van der Waals surface area contributed by atoms with E-state index >= 15 is 0 Å². The molecule has 0 radical (unpaired) electrons. The first-order chi connectivity index (χ1) is 12.6. The van der Waals surface area contributed by atoms with Gasteiger partial charge < -0.3 is 0 Å². The number of para-hydroxylation sites is 1. The molecular weight excluding hydrogens is 342 g/mol. The van der Waals surface area contributed by atoms with Gasteiger partial charge in [-0.25, -0.2) is 4.90 Å². The number of carbonyl (C=O) groups is 2. The maximum Gasteiger partial charge on any atom is 0.266 e. The van der Waals surface area contributed by atoms with Crippen LogP contribution >= 0.6 is 11.3 Å². The number of hydrogen-bond acceptors (Lipinski definition) is 3. The SMILES string of the molecule is Cc1ccccc1N1C(=O)C(=Cc2sccc2C)c2ccccc2C1=O. The van der Waals surface area contributed by atoms with Crippen LogP contribution in [-0.2, 0) is 4.79 Å². The fourth-order valence-electron chi connectivity index (χ4n) is 3.19. The van der Waals surface area contributed by atoms with E-state index in [0.29, 0.717) is 22.4 Å². The minimum Gasteiger partial charge on any atom is -0.268 e. The molecule has 2 aromatic carbocycles. The average Bonchev–Trinajstić information content (AvgIpc) is 3.05. The van der Waals surface area contributed by atoms with Gasteiger partial charge in [-0.15, -0.1) is 11.3 Å². The van der Waals surface area contributed by atoms with Crippen molar-refractivity contribution in [1.82, 2.24) is 0 Å². The van der Waals surface area contributed by atoms with Crippen LogP contribution in [0.15, 0.2) is 60.0 Å². The first-order valence-corrected chi connectivity index (χ1v) is 9.25. The van der Waals surface area contributed by atoms with Gasteiger partial charge in [0.05, 0.1) is 5.69 Å². The number of amides is 2. The zero-order valence-electron chi connectivity index (χ0n) is 14.5. The van der Waals surface area contributed by atoms with E-state index in [1.807, 2.05) is 73.8 Å². The van der Waals surface area contributed by atoms with Gasteiger partial charge in [-0.3, -0.25) is 9.59 Å². The number of imide groups is 1. The molecule has 0 spiro atoms. The molecular formula is C22H17NO2S. The van der Waals surface area contributed by atoms with Crippen LogP contribution < -0.4 is 4.90 Å². The summed E-state index contributed by atoms with van der Waals surface area (Å²) < 4.78 is 0. The predicted octanol–water partition coefficient (Wildman–Crippen LogP) is 5.09. The lowest BCUT2D eigenvalue weighted by molar-refractivity contribution is -0.112. The molecule has 1 aliphatic rings. The van der Waals surface area contributed by atoms with Crippen molar-refractivity contribution < 1.29 is 9.59 Å². The number of anilines is 1. The molecule has 4 rings (SSSR count). The number of rotatable bonds is 2. The second-order valence-corrected chi connectivity index (χ2v) is 7.25. The number of hydrogen-bond donors (Lipinski definition) is 0. The second kappa shape index (κ2) is 6.39. The number of thiophene rings is 1. The predicted molar refractivity (Wildman–Crippen MR) is 106 cm³/mol. The Bertz CT molecular complexity index is 1060. The van der Waals surface area contributed by atoms with Crippen molar-refractivity contribution in [2.75, 3.05) is 4.90 Å². The maximum absolute atomic E-state index is 13.3. The molecule has 128 valence electrons. The van der Waals surface area contributed by atoms with Crippen molar-refractivity contribution in [3.63, 3.8) is 0 Å². The summed E-state index contributed by atoms with van der Waals surface area (Å²) >= 11 is 1.59. The van der Waals surface area contributed by atoms with Crippen LogP contribution in [0.1, 0.15) is 31.9 Å². The number of fused-ring (bicyclic) bond motifs is 1. The summed E-state index contributed by atoms with van der Waals surface area (Å²) in [5.74, 6) is -0.559. The lowest BCUT2D eigenvalue weighted by atomic mass is 9.92. The van der Waals surface area contributed by atoms with Crippen LogP contribution in [0.5, 0.6) is 0 Å². The van der Waals surface area contributed by atoms with E-state index in [2.05, 4.69) is 0 Å². The summed E-state index contributed by atoms with van der Waals surface area (Å²) in [6.07, 6.45) is 1.90. The van der Waals surface area contributed by atoms with E-state index in [4.69, 9.17) is 0 Å². The Hall–Kier alpha value is -2.98. The highest BCUT2D eigenvalue weighted by Crippen LogP contribution is 2.35. The first kappa shape index (κ1) is 16.5. The van der Waals surface area contributed by atoms with Gasteiger partial charge in [-0.05, 0) is 54.6 Å². The number of aryl methyl sites for hydroxylation is 2.